The standard InChI is InChI=1S/C5H8NO2S/c7-5(8)4-3-6-1-2-9-4/h6H,1-3H2,(H,7,8). The molecular formula is C5H8NO2S. The first kappa shape index (κ1) is 6.89. The molecule has 0 bridgehead atoms. The van der Waals surface area contributed by atoms with Gasteiger partial charge in [0.1, 0.15) is 0 Å². The zero-order valence-corrected chi connectivity index (χ0v) is 5.70. The van der Waals surface area contributed by atoms with Crippen LogP contribution in [0.3, 0.4) is 0 Å². The summed E-state index contributed by atoms with van der Waals surface area (Å²) in [6, 6.07) is 0. The van der Waals surface area contributed by atoms with Crippen LogP contribution in [0.5, 0.6) is 0 Å². The molecule has 0 aliphatic carbocycles. The van der Waals surface area contributed by atoms with E-state index in [-0.39, 0.29) is 0 Å². The molecule has 51 valence electrons. The highest BCUT2D eigenvalue weighted by molar-refractivity contribution is 8.03. The molecule has 0 aromatic rings. The monoisotopic (exact) mass is 146 g/mol. The molecule has 0 aromatic heterocycles. The number of carboxylic acids is 1. The minimum absolute atomic E-state index is 0.528. The van der Waals surface area contributed by atoms with E-state index in [1.807, 2.05) is 0 Å². The number of carboxylic acid groups (broad SMARTS) is 1. The van der Waals surface area contributed by atoms with Crippen molar-refractivity contribution in [3.63, 3.8) is 0 Å². The van der Waals surface area contributed by atoms with Crippen LogP contribution in [0.15, 0.2) is 0 Å². The molecule has 3 nitrogen and oxygen atoms in total. The van der Waals surface area contributed by atoms with E-state index >= 15 is 0 Å². The van der Waals surface area contributed by atoms with E-state index in [9.17, 15) is 4.79 Å². The molecule has 1 radical (unpaired) electrons. The van der Waals surface area contributed by atoms with Gasteiger partial charge >= 0.3 is 5.97 Å². The second kappa shape index (κ2) is 3.08. The van der Waals surface area contributed by atoms with E-state index in [0.717, 1.165) is 12.3 Å². The lowest BCUT2D eigenvalue weighted by Crippen LogP contribution is -2.31. The van der Waals surface area contributed by atoms with Crippen molar-refractivity contribution in [1.29, 1.82) is 0 Å². The summed E-state index contributed by atoms with van der Waals surface area (Å²) in [6.07, 6.45) is 0. The number of rotatable bonds is 1. The third-order valence-electron chi connectivity index (χ3n) is 1.08. The minimum Gasteiger partial charge on any atom is -0.480 e. The number of aliphatic carboxylic acids is 1. The third-order valence-corrected chi connectivity index (χ3v) is 2.15. The molecule has 1 rings (SSSR count). The van der Waals surface area contributed by atoms with Crippen molar-refractivity contribution in [2.75, 3.05) is 18.8 Å². The van der Waals surface area contributed by atoms with Crippen LogP contribution in [0, 0.1) is 5.25 Å². The van der Waals surface area contributed by atoms with E-state index in [2.05, 4.69) is 5.32 Å². The van der Waals surface area contributed by atoms with Crippen LogP contribution in [-0.4, -0.2) is 29.9 Å². The second-order valence-corrected chi connectivity index (χ2v) is 2.94. The van der Waals surface area contributed by atoms with Gasteiger partial charge in [0.2, 0.25) is 0 Å². The Bertz CT molecular complexity index is 112. The molecule has 0 saturated carbocycles. The lowest BCUT2D eigenvalue weighted by Gasteiger charge is -2.16. The van der Waals surface area contributed by atoms with Gasteiger partial charge in [0, 0.05) is 18.8 Å². The van der Waals surface area contributed by atoms with Crippen molar-refractivity contribution < 1.29 is 9.90 Å². The van der Waals surface area contributed by atoms with Crippen LogP contribution in [0.1, 0.15) is 0 Å². The third kappa shape index (κ3) is 1.87. The van der Waals surface area contributed by atoms with Crippen LogP contribution in [0.4, 0.5) is 0 Å². The Hall–Kier alpha value is -0.220. The van der Waals surface area contributed by atoms with Gasteiger partial charge in [-0.25, -0.2) is 0 Å². The summed E-state index contributed by atoms with van der Waals surface area (Å²) in [4.78, 5) is 10.3. The molecule has 1 saturated heterocycles. The van der Waals surface area contributed by atoms with E-state index in [1.54, 1.807) is 0 Å². The van der Waals surface area contributed by atoms with Crippen molar-refractivity contribution in [3.8, 4) is 0 Å². The highest BCUT2D eigenvalue weighted by atomic mass is 32.2. The van der Waals surface area contributed by atoms with Crippen molar-refractivity contribution in [1.82, 2.24) is 5.32 Å². The fourth-order valence-electron chi connectivity index (χ4n) is 0.637. The van der Waals surface area contributed by atoms with Gasteiger partial charge in [-0.3, -0.25) is 4.79 Å². The van der Waals surface area contributed by atoms with Gasteiger partial charge in [-0.05, 0) is 0 Å². The quantitative estimate of drug-likeness (QED) is 0.544. The number of carbonyl (C=O) groups is 1. The molecule has 1 aliphatic rings. The van der Waals surface area contributed by atoms with Gasteiger partial charge in [0.25, 0.3) is 0 Å². The van der Waals surface area contributed by atoms with E-state index < -0.39 is 5.97 Å². The topological polar surface area (TPSA) is 49.3 Å². The maximum atomic E-state index is 10.3. The fourth-order valence-corrected chi connectivity index (χ4v) is 1.46. The zero-order valence-electron chi connectivity index (χ0n) is 4.89. The number of hydrogen-bond acceptors (Lipinski definition) is 3. The molecule has 1 aliphatic heterocycles. The van der Waals surface area contributed by atoms with Crippen LogP contribution < -0.4 is 5.32 Å². The van der Waals surface area contributed by atoms with Crippen LogP contribution in [0.2, 0.25) is 0 Å². The van der Waals surface area contributed by atoms with E-state index in [4.69, 9.17) is 5.11 Å². The Morgan fingerprint density at radius 2 is 2.56 bits per heavy atom. The Morgan fingerprint density at radius 1 is 1.78 bits per heavy atom. The maximum Gasteiger partial charge on any atom is 0.323 e. The number of hydrogen-bond donors (Lipinski definition) is 2. The smallest absolute Gasteiger partial charge is 0.323 e. The Kier molecular flexibility index (Phi) is 2.36. The normalized spacial score (nSPS) is 21.8. The predicted octanol–water partition coefficient (Wildman–Crippen LogP) is -0.0606. The summed E-state index contributed by atoms with van der Waals surface area (Å²) in [5, 5.41) is 11.9. The number of nitrogens with one attached hydrogen (secondary N) is 1. The van der Waals surface area contributed by atoms with Crippen LogP contribution >= 0.6 is 11.8 Å². The average Bonchev–Trinajstić information content (AvgIpc) is 1.90. The minimum atomic E-state index is -0.785. The van der Waals surface area contributed by atoms with Gasteiger partial charge in [-0.15, -0.1) is 11.8 Å². The Labute approximate surface area is 57.8 Å². The van der Waals surface area contributed by atoms with Crippen molar-refractivity contribution >= 4 is 17.7 Å². The van der Waals surface area contributed by atoms with Gasteiger partial charge < -0.3 is 10.4 Å². The average molecular weight is 146 g/mol. The molecular weight excluding hydrogens is 138 g/mol. The molecule has 9 heavy (non-hydrogen) atoms. The second-order valence-electron chi connectivity index (χ2n) is 1.75. The number of thioether (sulfide) groups is 1. The van der Waals surface area contributed by atoms with Gasteiger partial charge in [0.05, 0.1) is 0 Å². The molecule has 0 atom stereocenters. The SMILES string of the molecule is O=C(O)[C]1CNCCS1. The molecule has 1 fully saturated rings. The zero-order chi connectivity index (χ0) is 6.69. The summed E-state index contributed by atoms with van der Waals surface area (Å²) in [7, 11) is 0. The largest absolute Gasteiger partial charge is 0.480 e. The molecule has 0 aromatic carbocycles. The predicted molar refractivity (Wildman–Crippen MR) is 36.2 cm³/mol. The van der Waals surface area contributed by atoms with Gasteiger partial charge in [-0.1, -0.05) is 0 Å². The van der Waals surface area contributed by atoms with E-state index in [0.29, 0.717) is 11.8 Å². The van der Waals surface area contributed by atoms with Crippen molar-refractivity contribution in [2.24, 2.45) is 0 Å². The maximum absolute atomic E-state index is 10.3. The lowest BCUT2D eigenvalue weighted by molar-refractivity contribution is -0.133. The summed E-state index contributed by atoms with van der Waals surface area (Å²) in [5.74, 6) is 0.0916. The van der Waals surface area contributed by atoms with Gasteiger partial charge in [-0.2, -0.15) is 0 Å². The summed E-state index contributed by atoms with van der Waals surface area (Å²) < 4.78 is 0. The van der Waals surface area contributed by atoms with Crippen LogP contribution in [0.25, 0.3) is 0 Å². The van der Waals surface area contributed by atoms with Crippen molar-refractivity contribution in [2.45, 2.75) is 0 Å². The Balaban J connectivity index is 2.31. The lowest BCUT2D eigenvalue weighted by atomic mass is 10.4. The first-order valence-electron chi connectivity index (χ1n) is 2.73. The summed E-state index contributed by atoms with van der Waals surface area (Å²) >= 11 is 1.43. The first-order valence-corrected chi connectivity index (χ1v) is 3.72. The molecule has 0 spiro atoms. The first-order chi connectivity index (χ1) is 4.30. The van der Waals surface area contributed by atoms with Crippen LogP contribution in [-0.2, 0) is 4.79 Å². The van der Waals surface area contributed by atoms with Gasteiger partial charge in [0.15, 0.2) is 5.25 Å². The fraction of sp³-hybridized carbons (Fsp3) is 0.600. The molecule has 4 heteroatoms. The summed E-state index contributed by atoms with van der Waals surface area (Å²) in [5.41, 5.74) is 0. The van der Waals surface area contributed by atoms with E-state index in [1.165, 1.54) is 11.8 Å². The Morgan fingerprint density at radius 3 is 2.89 bits per heavy atom. The molecule has 2 N–H and O–H groups in total. The highest BCUT2D eigenvalue weighted by Gasteiger charge is 2.21. The highest BCUT2D eigenvalue weighted by Crippen LogP contribution is 2.20. The molecule has 0 unspecified atom stereocenters. The van der Waals surface area contributed by atoms with Crippen molar-refractivity contribution in [3.05, 3.63) is 5.25 Å². The molecule has 0 amide bonds. The summed E-state index contributed by atoms with van der Waals surface area (Å²) in [6.45, 7) is 1.45. The molecule has 1 heterocycles.